The molecule has 0 bridgehead atoms. The first-order valence-electron chi connectivity index (χ1n) is 4.39. The van der Waals surface area contributed by atoms with E-state index in [2.05, 4.69) is 0 Å². The SMILES string of the molecule is NS(=O)(=O)c1ccc(-c2ccc(O)cc2)s1. The standard InChI is InChI=1S/C10H9NO3S2/c11-16(13,14)10-6-5-9(15-10)7-1-3-8(12)4-2-7/h1-6,12H,(H2,11,13,14). The Morgan fingerprint density at radius 3 is 2.19 bits per heavy atom. The lowest BCUT2D eigenvalue weighted by atomic mass is 10.2. The Kier molecular flexibility index (Phi) is 2.71. The Morgan fingerprint density at radius 1 is 1.06 bits per heavy atom. The summed E-state index contributed by atoms with van der Waals surface area (Å²) in [4.78, 5) is 0.795. The van der Waals surface area contributed by atoms with Crippen LogP contribution in [0.4, 0.5) is 0 Å². The Bertz CT molecular complexity index is 599. The fourth-order valence-corrected chi connectivity index (χ4v) is 2.99. The van der Waals surface area contributed by atoms with E-state index in [0.29, 0.717) is 0 Å². The van der Waals surface area contributed by atoms with Crippen molar-refractivity contribution in [3.63, 3.8) is 0 Å². The maximum absolute atomic E-state index is 11.1. The van der Waals surface area contributed by atoms with Gasteiger partial charge in [0.15, 0.2) is 0 Å². The van der Waals surface area contributed by atoms with Crippen molar-refractivity contribution in [2.75, 3.05) is 0 Å². The highest BCUT2D eigenvalue weighted by Crippen LogP contribution is 2.30. The van der Waals surface area contributed by atoms with Crippen LogP contribution < -0.4 is 5.14 Å². The molecule has 2 aromatic rings. The van der Waals surface area contributed by atoms with Gasteiger partial charge >= 0.3 is 0 Å². The van der Waals surface area contributed by atoms with Crippen LogP contribution in [-0.2, 0) is 10.0 Å². The minimum Gasteiger partial charge on any atom is -0.508 e. The Morgan fingerprint density at radius 2 is 1.69 bits per heavy atom. The van der Waals surface area contributed by atoms with Crippen molar-refractivity contribution in [3.8, 4) is 16.2 Å². The van der Waals surface area contributed by atoms with Crippen LogP contribution in [0, 0.1) is 0 Å². The third-order valence-electron chi connectivity index (χ3n) is 2.01. The number of nitrogens with two attached hydrogens (primary N) is 1. The zero-order valence-electron chi connectivity index (χ0n) is 8.12. The molecule has 0 spiro atoms. The van der Waals surface area contributed by atoms with Gasteiger partial charge in [0, 0.05) is 4.88 Å². The lowest BCUT2D eigenvalue weighted by molar-refractivity contribution is 0.475. The fourth-order valence-electron chi connectivity index (χ4n) is 1.25. The van der Waals surface area contributed by atoms with Crippen molar-refractivity contribution in [1.29, 1.82) is 0 Å². The zero-order valence-corrected chi connectivity index (χ0v) is 9.75. The van der Waals surface area contributed by atoms with Gasteiger partial charge in [0.25, 0.3) is 0 Å². The molecular weight excluding hydrogens is 246 g/mol. The third-order valence-corrected chi connectivity index (χ3v) is 4.59. The van der Waals surface area contributed by atoms with Crippen LogP contribution in [0.2, 0.25) is 0 Å². The van der Waals surface area contributed by atoms with E-state index < -0.39 is 10.0 Å². The molecule has 1 aromatic heterocycles. The van der Waals surface area contributed by atoms with Crippen molar-refractivity contribution >= 4 is 21.4 Å². The second-order valence-corrected chi connectivity index (χ2v) is 6.08. The molecule has 84 valence electrons. The number of benzene rings is 1. The van der Waals surface area contributed by atoms with E-state index >= 15 is 0 Å². The van der Waals surface area contributed by atoms with Gasteiger partial charge in [-0.3, -0.25) is 0 Å². The van der Waals surface area contributed by atoms with E-state index in [1.165, 1.54) is 6.07 Å². The van der Waals surface area contributed by atoms with Gasteiger partial charge in [0.05, 0.1) is 0 Å². The number of phenolic OH excluding ortho intramolecular Hbond substituents is 1. The molecule has 6 heteroatoms. The smallest absolute Gasteiger partial charge is 0.247 e. The molecule has 0 saturated carbocycles. The summed E-state index contributed by atoms with van der Waals surface area (Å²) in [5.74, 6) is 0.173. The summed E-state index contributed by atoms with van der Waals surface area (Å²) in [5, 5.41) is 14.1. The monoisotopic (exact) mass is 255 g/mol. The summed E-state index contributed by atoms with van der Waals surface area (Å²) in [6.45, 7) is 0. The molecule has 2 rings (SSSR count). The summed E-state index contributed by atoms with van der Waals surface area (Å²) in [6.07, 6.45) is 0. The van der Waals surface area contributed by atoms with Gasteiger partial charge in [0.2, 0.25) is 10.0 Å². The van der Waals surface area contributed by atoms with Crippen LogP contribution >= 0.6 is 11.3 Å². The Labute approximate surface area is 97.0 Å². The van der Waals surface area contributed by atoms with Crippen molar-refractivity contribution in [2.45, 2.75) is 4.21 Å². The van der Waals surface area contributed by atoms with Gasteiger partial charge in [-0.1, -0.05) is 0 Å². The minimum atomic E-state index is -3.63. The van der Waals surface area contributed by atoms with Crippen molar-refractivity contribution in [3.05, 3.63) is 36.4 Å². The highest BCUT2D eigenvalue weighted by atomic mass is 32.2. The summed E-state index contributed by atoms with van der Waals surface area (Å²) < 4.78 is 22.3. The summed E-state index contributed by atoms with van der Waals surface area (Å²) in [7, 11) is -3.63. The molecule has 0 aliphatic carbocycles. The van der Waals surface area contributed by atoms with Crippen molar-refractivity contribution in [1.82, 2.24) is 0 Å². The lowest BCUT2D eigenvalue weighted by Gasteiger charge is -1.96. The predicted molar refractivity (Wildman–Crippen MR) is 62.8 cm³/mol. The number of sulfonamides is 1. The molecule has 0 radical (unpaired) electrons. The average Bonchev–Trinajstić information content (AvgIpc) is 2.67. The van der Waals surface area contributed by atoms with Gasteiger partial charge in [-0.2, -0.15) is 0 Å². The van der Waals surface area contributed by atoms with Crippen LogP contribution in [0.5, 0.6) is 5.75 Å². The van der Waals surface area contributed by atoms with Gasteiger partial charge in [-0.25, -0.2) is 13.6 Å². The predicted octanol–water partition coefficient (Wildman–Crippen LogP) is 1.77. The number of thiophene rings is 1. The highest BCUT2D eigenvalue weighted by molar-refractivity contribution is 7.91. The summed E-state index contributed by atoms with van der Waals surface area (Å²) in [5.41, 5.74) is 0.845. The number of hydrogen-bond acceptors (Lipinski definition) is 4. The van der Waals surface area contributed by atoms with Crippen LogP contribution in [0.25, 0.3) is 10.4 Å². The van der Waals surface area contributed by atoms with Gasteiger partial charge in [0.1, 0.15) is 9.96 Å². The fraction of sp³-hybridized carbons (Fsp3) is 0. The van der Waals surface area contributed by atoms with E-state index in [1.54, 1.807) is 30.3 Å². The van der Waals surface area contributed by atoms with Gasteiger partial charge in [-0.05, 0) is 42.0 Å². The van der Waals surface area contributed by atoms with Crippen LogP contribution in [0.1, 0.15) is 0 Å². The number of aromatic hydroxyl groups is 1. The first-order valence-corrected chi connectivity index (χ1v) is 6.75. The molecular formula is C10H9NO3S2. The molecule has 4 nitrogen and oxygen atoms in total. The van der Waals surface area contributed by atoms with Gasteiger partial charge in [-0.15, -0.1) is 11.3 Å². The second kappa shape index (κ2) is 3.89. The molecule has 3 N–H and O–H groups in total. The first-order chi connectivity index (χ1) is 7.47. The molecule has 0 atom stereocenters. The lowest BCUT2D eigenvalue weighted by Crippen LogP contribution is -2.09. The normalized spacial score (nSPS) is 11.6. The number of primary sulfonamides is 1. The molecule has 0 aliphatic rings. The van der Waals surface area contributed by atoms with Crippen LogP contribution in [0.15, 0.2) is 40.6 Å². The van der Waals surface area contributed by atoms with Crippen molar-refractivity contribution in [2.24, 2.45) is 5.14 Å². The maximum Gasteiger partial charge on any atom is 0.247 e. The maximum atomic E-state index is 11.1. The van der Waals surface area contributed by atoms with Gasteiger partial charge < -0.3 is 5.11 Å². The molecule has 0 aliphatic heterocycles. The minimum absolute atomic E-state index is 0.135. The largest absolute Gasteiger partial charge is 0.508 e. The Hall–Kier alpha value is -1.37. The topological polar surface area (TPSA) is 80.4 Å². The Balaban J connectivity index is 2.43. The third kappa shape index (κ3) is 2.24. The van der Waals surface area contributed by atoms with Crippen LogP contribution in [0.3, 0.4) is 0 Å². The number of hydrogen-bond donors (Lipinski definition) is 2. The zero-order chi connectivity index (χ0) is 11.8. The second-order valence-electron chi connectivity index (χ2n) is 3.21. The summed E-state index contributed by atoms with van der Waals surface area (Å²) in [6, 6.07) is 9.69. The van der Waals surface area contributed by atoms with E-state index in [0.717, 1.165) is 21.8 Å². The van der Waals surface area contributed by atoms with E-state index in [9.17, 15) is 8.42 Å². The van der Waals surface area contributed by atoms with Crippen LogP contribution in [-0.4, -0.2) is 13.5 Å². The molecule has 0 saturated heterocycles. The highest BCUT2D eigenvalue weighted by Gasteiger charge is 2.11. The molecule has 0 amide bonds. The van der Waals surface area contributed by atoms with E-state index in [4.69, 9.17) is 10.2 Å². The van der Waals surface area contributed by atoms with E-state index in [-0.39, 0.29) is 9.96 Å². The molecule has 16 heavy (non-hydrogen) atoms. The van der Waals surface area contributed by atoms with Crippen molar-refractivity contribution < 1.29 is 13.5 Å². The molecule has 1 heterocycles. The molecule has 0 fully saturated rings. The number of phenols is 1. The average molecular weight is 255 g/mol. The summed E-state index contributed by atoms with van der Waals surface area (Å²) >= 11 is 1.10. The quantitative estimate of drug-likeness (QED) is 0.858. The van der Waals surface area contributed by atoms with E-state index in [1.807, 2.05) is 0 Å². The number of rotatable bonds is 2. The molecule has 0 unspecified atom stereocenters. The molecule has 1 aromatic carbocycles. The first kappa shape index (κ1) is 11.1.